The van der Waals surface area contributed by atoms with Gasteiger partial charge in [0.1, 0.15) is 0 Å². The Morgan fingerprint density at radius 1 is 1.56 bits per heavy atom. The van der Waals surface area contributed by atoms with Crippen molar-refractivity contribution in [2.24, 2.45) is 15.0 Å². The molecule has 1 aliphatic heterocycles. The highest BCUT2D eigenvalue weighted by Crippen LogP contribution is 2.01. The molecule has 0 saturated heterocycles. The van der Waals surface area contributed by atoms with Gasteiger partial charge in [-0.25, -0.2) is 0 Å². The van der Waals surface area contributed by atoms with Gasteiger partial charge in [0.25, 0.3) is 0 Å². The van der Waals surface area contributed by atoms with Crippen molar-refractivity contribution in [1.29, 1.82) is 0 Å². The first-order valence-corrected chi connectivity index (χ1v) is 6.54. The topological polar surface area (TPSA) is 40.3 Å². The number of aliphatic imine (C=N–C) groups is 3. The van der Waals surface area contributed by atoms with E-state index >= 15 is 0 Å². The van der Waals surface area contributed by atoms with Crippen LogP contribution in [0.3, 0.4) is 0 Å². The number of rotatable bonds is 5. The molecule has 100 valence electrons. The summed E-state index contributed by atoms with van der Waals surface area (Å²) in [5.41, 5.74) is 1.07. The Morgan fingerprint density at radius 3 is 3.17 bits per heavy atom. The molecule has 1 aliphatic rings. The van der Waals surface area contributed by atoms with Gasteiger partial charge >= 0.3 is 0 Å². The summed E-state index contributed by atoms with van der Waals surface area (Å²) in [6.45, 7) is 4.67. The van der Waals surface area contributed by atoms with E-state index in [0.717, 1.165) is 38.2 Å². The van der Waals surface area contributed by atoms with Gasteiger partial charge in [-0.15, -0.1) is 0 Å². The molecule has 0 amide bonds. The molecule has 0 N–H and O–H groups in total. The fraction of sp³-hybridized carbons (Fsp3) is 0.643. The number of hydrogen-bond donors (Lipinski definition) is 0. The van der Waals surface area contributed by atoms with Crippen molar-refractivity contribution in [3.05, 3.63) is 12.2 Å². The second kappa shape index (κ2) is 8.75. The van der Waals surface area contributed by atoms with Gasteiger partial charge in [-0.3, -0.25) is 14.9 Å². The summed E-state index contributed by atoms with van der Waals surface area (Å²) >= 11 is 0. The van der Waals surface area contributed by atoms with E-state index in [2.05, 4.69) is 46.0 Å². The largest absolute Gasteiger partial charge is 0.301 e. The Balaban J connectivity index is 2.39. The molecule has 0 aromatic heterocycles. The van der Waals surface area contributed by atoms with Crippen molar-refractivity contribution >= 4 is 18.1 Å². The zero-order valence-electron chi connectivity index (χ0n) is 11.7. The minimum absolute atomic E-state index is 0.463. The standard InChI is InChI=1S/C14H24N4/c1-13-7-6-10-17-14(12-18(13)3)11-16-9-5-4-8-15-2/h6-8,11,13H,4-5,9-10,12H2,1-3H3/b7-6-,15-8-,16-11+,17-14-/t13-/m1/s1. The van der Waals surface area contributed by atoms with E-state index in [-0.39, 0.29) is 0 Å². The predicted molar refractivity (Wildman–Crippen MR) is 80.5 cm³/mol. The molecule has 0 saturated carbocycles. The SMILES string of the molecule is C/N=C\CCC/N=C/C1=N/C/C=C\[C@@H](C)N(C)C1. The molecule has 0 fully saturated rings. The normalized spacial score (nSPS) is 27.1. The summed E-state index contributed by atoms with van der Waals surface area (Å²) in [6, 6.07) is 0.463. The van der Waals surface area contributed by atoms with Gasteiger partial charge in [0, 0.05) is 32.4 Å². The van der Waals surface area contributed by atoms with Gasteiger partial charge in [-0.2, -0.15) is 0 Å². The first kappa shape index (κ1) is 14.8. The summed E-state index contributed by atoms with van der Waals surface area (Å²) in [4.78, 5) is 15.2. The van der Waals surface area contributed by atoms with Gasteiger partial charge in [0.2, 0.25) is 0 Å². The third kappa shape index (κ3) is 5.87. The summed E-state index contributed by atoms with van der Waals surface area (Å²) in [5.74, 6) is 0. The third-order valence-corrected chi connectivity index (χ3v) is 2.96. The monoisotopic (exact) mass is 248 g/mol. The maximum Gasteiger partial charge on any atom is 0.0670 e. The van der Waals surface area contributed by atoms with E-state index in [0.29, 0.717) is 6.04 Å². The first-order chi connectivity index (χ1) is 8.74. The van der Waals surface area contributed by atoms with Crippen LogP contribution in [0.4, 0.5) is 0 Å². The maximum absolute atomic E-state index is 4.51. The molecule has 1 atom stereocenters. The van der Waals surface area contributed by atoms with Crippen LogP contribution in [-0.2, 0) is 0 Å². The van der Waals surface area contributed by atoms with Gasteiger partial charge in [-0.05, 0) is 33.0 Å². The highest BCUT2D eigenvalue weighted by molar-refractivity contribution is 6.31. The van der Waals surface area contributed by atoms with Crippen molar-refractivity contribution in [2.75, 3.05) is 33.7 Å². The average molecular weight is 248 g/mol. The predicted octanol–water partition coefficient (Wildman–Crippen LogP) is 1.87. The lowest BCUT2D eigenvalue weighted by atomic mass is 10.2. The van der Waals surface area contributed by atoms with Crippen LogP contribution in [0, 0.1) is 0 Å². The van der Waals surface area contributed by atoms with Crippen molar-refractivity contribution in [2.45, 2.75) is 25.8 Å². The second-order valence-electron chi connectivity index (χ2n) is 4.53. The smallest absolute Gasteiger partial charge is 0.0670 e. The molecular formula is C14H24N4. The Kier molecular flexibility index (Phi) is 7.18. The third-order valence-electron chi connectivity index (χ3n) is 2.96. The first-order valence-electron chi connectivity index (χ1n) is 6.54. The summed E-state index contributed by atoms with van der Waals surface area (Å²) in [5, 5.41) is 0. The quantitative estimate of drug-likeness (QED) is 0.416. The molecule has 4 heteroatoms. The molecule has 0 unspecified atom stereocenters. The lowest BCUT2D eigenvalue weighted by molar-refractivity contribution is 0.338. The van der Waals surface area contributed by atoms with E-state index in [4.69, 9.17) is 0 Å². The minimum Gasteiger partial charge on any atom is -0.301 e. The molecule has 0 aromatic carbocycles. The van der Waals surface area contributed by atoms with Gasteiger partial charge in [-0.1, -0.05) is 12.2 Å². The Morgan fingerprint density at radius 2 is 2.39 bits per heavy atom. The molecule has 0 aromatic rings. The van der Waals surface area contributed by atoms with E-state index in [1.807, 2.05) is 12.4 Å². The van der Waals surface area contributed by atoms with Crippen LogP contribution in [0.1, 0.15) is 19.8 Å². The lowest BCUT2D eigenvalue weighted by Gasteiger charge is -2.23. The maximum atomic E-state index is 4.51. The molecule has 4 nitrogen and oxygen atoms in total. The zero-order chi connectivity index (χ0) is 13.2. The number of unbranched alkanes of at least 4 members (excludes halogenated alkanes) is 1. The average Bonchev–Trinajstić information content (AvgIpc) is 2.36. The molecule has 0 radical (unpaired) electrons. The minimum atomic E-state index is 0.463. The molecule has 0 spiro atoms. The number of hydrogen-bond acceptors (Lipinski definition) is 4. The fourth-order valence-corrected chi connectivity index (χ4v) is 1.68. The fourth-order valence-electron chi connectivity index (χ4n) is 1.68. The highest BCUT2D eigenvalue weighted by Gasteiger charge is 2.09. The van der Waals surface area contributed by atoms with Gasteiger partial charge < -0.3 is 4.99 Å². The van der Waals surface area contributed by atoms with E-state index in [9.17, 15) is 0 Å². The summed E-state index contributed by atoms with van der Waals surface area (Å²) in [6.07, 6.45) is 10.2. The van der Waals surface area contributed by atoms with Gasteiger partial charge in [0.05, 0.1) is 12.3 Å². The summed E-state index contributed by atoms with van der Waals surface area (Å²) in [7, 11) is 3.92. The Bertz CT molecular complexity index is 342. The highest BCUT2D eigenvalue weighted by atomic mass is 15.1. The molecule has 18 heavy (non-hydrogen) atoms. The number of likely N-dealkylation sites (N-methyl/N-ethyl adjacent to an activating group) is 1. The van der Waals surface area contributed by atoms with Crippen LogP contribution in [-0.4, -0.2) is 62.8 Å². The van der Waals surface area contributed by atoms with Crippen molar-refractivity contribution in [3.63, 3.8) is 0 Å². The van der Waals surface area contributed by atoms with Gasteiger partial charge in [0.15, 0.2) is 0 Å². The molecular weight excluding hydrogens is 224 g/mol. The van der Waals surface area contributed by atoms with Crippen LogP contribution in [0.2, 0.25) is 0 Å². The van der Waals surface area contributed by atoms with E-state index < -0.39 is 0 Å². The van der Waals surface area contributed by atoms with Crippen LogP contribution in [0.5, 0.6) is 0 Å². The van der Waals surface area contributed by atoms with Crippen LogP contribution < -0.4 is 0 Å². The molecule has 1 heterocycles. The summed E-state index contributed by atoms with van der Waals surface area (Å²) < 4.78 is 0. The zero-order valence-corrected chi connectivity index (χ0v) is 11.7. The van der Waals surface area contributed by atoms with Crippen LogP contribution in [0.15, 0.2) is 27.1 Å². The molecule has 0 aliphatic carbocycles. The van der Waals surface area contributed by atoms with Crippen LogP contribution in [0.25, 0.3) is 0 Å². The molecule has 0 bridgehead atoms. The van der Waals surface area contributed by atoms with Crippen molar-refractivity contribution in [3.8, 4) is 0 Å². The Hall–Kier alpha value is -1.29. The van der Waals surface area contributed by atoms with Crippen molar-refractivity contribution < 1.29 is 0 Å². The van der Waals surface area contributed by atoms with E-state index in [1.54, 1.807) is 7.05 Å². The molecule has 1 rings (SSSR count). The van der Waals surface area contributed by atoms with E-state index in [1.165, 1.54) is 0 Å². The number of nitrogens with zero attached hydrogens (tertiary/aromatic N) is 4. The van der Waals surface area contributed by atoms with Crippen LogP contribution >= 0.6 is 0 Å². The lowest BCUT2D eigenvalue weighted by Crippen LogP contribution is -2.34. The second-order valence-corrected chi connectivity index (χ2v) is 4.53. The van der Waals surface area contributed by atoms with Crippen molar-refractivity contribution in [1.82, 2.24) is 4.90 Å². The Labute approximate surface area is 110 Å².